The van der Waals surface area contributed by atoms with Crippen molar-refractivity contribution in [3.8, 4) is 56.4 Å². The summed E-state index contributed by atoms with van der Waals surface area (Å²) in [4.78, 5) is 14.9. The Bertz CT molecular complexity index is 3470. The first-order valence-corrected chi connectivity index (χ1v) is 21.4. The molecule has 12 rings (SSSR count). The fourth-order valence-electron chi connectivity index (χ4n) is 8.23. The van der Waals surface area contributed by atoms with Gasteiger partial charge < -0.3 is 0 Å². The second-order valence-corrected chi connectivity index (χ2v) is 17.6. The van der Waals surface area contributed by atoms with E-state index in [2.05, 4.69) is 115 Å². The van der Waals surface area contributed by atoms with Gasteiger partial charge in [-0.3, -0.25) is 0 Å². The monoisotopic (exact) mass is 779 g/mol. The third-order valence-electron chi connectivity index (χ3n) is 11.0. The molecule has 0 radical (unpaired) electrons. The van der Waals surface area contributed by atoms with Crippen LogP contribution in [0, 0.1) is 0 Å². The smallest absolute Gasteiger partial charge is 0.164 e. The van der Waals surface area contributed by atoms with Gasteiger partial charge in [-0.1, -0.05) is 133 Å². The number of hydrogen-bond acceptors (Lipinski definition) is 6. The van der Waals surface area contributed by atoms with E-state index in [9.17, 15) is 0 Å². The van der Waals surface area contributed by atoms with E-state index in [1.165, 1.54) is 82.8 Å². The van der Waals surface area contributed by atoms with Crippen LogP contribution in [0.3, 0.4) is 0 Å². The first-order chi connectivity index (χ1) is 28.2. The predicted molar refractivity (Wildman–Crippen MR) is 246 cm³/mol. The maximum atomic E-state index is 5.01. The summed E-state index contributed by atoms with van der Waals surface area (Å²) in [5, 5.41) is 7.79. The Morgan fingerprint density at radius 2 is 0.807 bits per heavy atom. The second-order valence-electron chi connectivity index (χ2n) is 14.3. The highest BCUT2D eigenvalue weighted by Gasteiger charge is 2.18. The van der Waals surface area contributed by atoms with Crippen molar-refractivity contribution in [1.82, 2.24) is 15.0 Å². The molecular weight excluding hydrogens is 751 g/mol. The van der Waals surface area contributed by atoms with Gasteiger partial charge >= 0.3 is 0 Å². The van der Waals surface area contributed by atoms with E-state index >= 15 is 0 Å². The minimum absolute atomic E-state index is 0.666. The van der Waals surface area contributed by atoms with E-state index < -0.39 is 0 Å². The molecule has 57 heavy (non-hydrogen) atoms. The van der Waals surface area contributed by atoms with Crippen LogP contribution in [0.4, 0.5) is 0 Å². The Morgan fingerprint density at radius 1 is 0.281 bits per heavy atom. The van der Waals surface area contributed by atoms with E-state index in [1.807, 2.05) is 94.7 Å². The lowest BCUT2D eigenvalue weighted by molar-refractivity contribution is 1.07. The van der Waals surface area contributed by atoms with Crippen LogP contribution in [0.2, 0.25) is 0 Å². The third-order valence-corrected chi connectivity index (χ3v) is 14.4. The van der Waals surface area contributed by atoms with Crippen molar-refractivity contribution < 1.29 is 0 Å². The topological polar surface area (TPSA) is 38.7 Å². The van der Waals surface area contributed by atoms with Crippen molar-refractivity contribution in [2.45, 2.75) is 0 Å². The molecule has 0 bridgehead atoms. The van der Waals surface area contributed by atoms with Gasteiger partial charge in [0.15, 0.2) is 17.5 Å². The SMILES string of the molecule is c1ccc(-c2nc(-c3ccccc3)nc(-c3ccc4c(c3)sc3cccc(-c5ccc6sc7c(-c8ccc9sc%10ccccc%10c9c8)cccc7c6c5)c34)n2)cc1. The third kappa shape index (κ3) is 5.41. The zero-order chi connectivity index (χ0) is 37.5. The average Bonchev–Trinajstić information content (AvgIpc) is 3.97. The molecule has 0 aliphatic rings. The number of rotatable bonds is 5. The normalized spacial score (nSPS) is 11.9. The molecule has 4 aromatic heterocycles. The summed E-state index contributed by atoms with van der Waals surface area (Å²) in [5.41, 5.74) is 7.93. The maximum absolute atomic E-state index is 5.01. The summed E-state index contributed by atoms with van der Waals surface area (Å²) in [5.74, 6) is 2.00. The van der Waals surface area contributed by atoms with Crippen LogP contribution in [0.1, 0.15) is 0 Å². The van der Waals surface area contributed by atoms with Crippen LogP contribution in [0.15, 0.2) is 176 Å². The highest BCUT2D eigenvalue weighted by Crippen LogP contribution is 2.46. The minimum atomic E-state index is 0.666. The molecule has 266 valence electrons. The lowest BCUT2D eigenvalue weighted by Gasteiger charge is -2.09. The molecule has 0 saturated heterocycles. The Kier molecular flexibility index (Phi) is 7.45. The van der Waals surface area contributed by atoms with Crippen molar-refractivity contribution in [1.29, 1.82) is 0 Å². The zero-order valence-electron chi connectivity index (χ0n) is 30.3. The molecule has 6 heteroatoms. The summed E-state index contributed by atoms with van der Waals surface area (Å²) < 4.78 is 7.78. The molecule has 0 fully saturated rings. The van der Waals surface area contributed by atoms with Gasteiger partial charge in [0.1, 0.15) is 0 Å². The Labute approximate surface area is 339 Å². The molecule has 8 aromatic carbocycles. The van der Waals surface area contributed by atoms with E-state index in [1.54, 1.807) is 0 Å². The number of hydrogen-bond donors (Lipinski definition) is 0. The molecule has 0 N–H and O–H groups in total. The fourth-order valence-corrected chi connectivity index (χ4v) is 11.7. The number of aromatic nitrogens is 3. The fraction of sp³-hybridized carbons (Fsp3) is 0. The van der Waals surface area contributed by atoms with Crippen molar-refractivity contribution in [2.75, 3.05) is 0 Å². The van der Waals surface area contributed by atoms with Crippen LogP contribution < -0.4 is 0 Å². The first-order valence-electron chi connectivity index (χ1n) is 18.9. The van der Waals surface area contributed by atoms with Gasteiger partial charge in [0.25, 0.3) is 0 Å². The number of nitrogens with zero attached hydrogens (tertiary/aromatic N) is 3. The van der Waals surface area contributed by atoms with E-state index in [0.717, 1.165) is 16.7 Å². The van der Waals surface area contributed by atoms with Crippen molar-refractivity contribution >= 4 is 94.5 Å². The molecule has 3 nitrogen and oxygen atoms in total. The summed E-state index contributed by atoms with van der Waals surface area (Å²) in [7, 11) is 0. The van der Waals surface area contributed by atoms with E-state index in [0.29, 0.717) is 17.5 Å². The van der Waals surface area contributed by atoms with E-state index in [-0.39, 0.29) is 0 Å². The van der Waals surface area contributed by atoms with Gasteiger partial charge in [-0.2, -0.15) is 0 Å². The molecule has 0 amide bonds. The van der Waals surface area contributed by atoms with Gasteiger partial charge in [-0.05, 0) is 64.7 Å². The van der Waals surface area contributed by atoms with Gasteiger partial charge in [0.05, 0.1) is 0 Å². The number of fused-ring (bicyclic) bond motifs is 9. The number of thiophene rings is 3. The zero-order valence-corrected chi connectivity index (χ0v) is 32.8. The van der Waals surface area contributed by atoms with Gasteiger partial charge in [-0.15, -0.1) is 34.0 Å². The van der Waals surface area contributed by atoms with Crippen molar-refractivity contribution in [2.24, 2.45) is 0 Å². The average molecular weight is 780 g/mol. The molecule has 0 saturated carbocycles. The Balaban J connectivity index is 0.968. The quantitative estimate of drug-likeness (QED) is 0.175. The van der Waals surface area contributed by atoms with Gasteiger partial charge in [-0.25, -0.2) is 15.0 Å². The highest BCUT2D eigenvalue weighted by atomic mass is 32.1. The van der Waals surface area contributed by atoms with Crippen LogP contribution in [-0.2, 0) is 0 Å². The Morgan fingerprint density at radius 3 is 1.56 bits per heavy atom. The molecule has 0 atom stereocenters. The van der Waals surface area contributed by atoms with Crippen molar-refractivity contribution in [3.05, 3.63) is 176 Å². The molecule has 0 aliphatic heterocycles. The van der Waals surface area contributed by atoms with Gasteiger partial charge in [0.2, 0.25) is 0 Å². The van der Waals surface area contributed by atoms with Crippen LogP contribution in [-0.4, -0.2) is 15.0 Å². The molecule has 4 heterocycles. The summed E-state index contributed by atoms with van der Waals surface area (Å²) in [6.45, 7) is 0. The summed E-state index contributed by atoms with van der Waals surface area (Å²) in [6, 6.07) is 63.2. The summed E-state index contributed by atoms with van der Waals surface area (Å²) in [6.07, 6.45) is 0. The number of benzene rings is 8. The largest absolute Gasteiger partial charge is 0.208 e. The summed E-state index contributed by atoms with van der Waals surface area (Å²) >= 11 is 5.58. The molecular formula is C51H29N3S3. The van der Waals surface area contributed by atoms with Crippen LogP contribution >= 0.6 is 34.0 Å². The minimum Gasteiger partial charge on any atom is -0.208 e. The Hall–Kier alpha value is -6.57. The molecule has 12 aromatic rings. The lowest BCUT2D eigenvalue weighted by Crippen LogP contribution is -1.99. The standard InChI is InChI=1S/C51H29N3S3/c1-3-11-30(12-4-1)49-52-50(31-13-5-2-6-14-31)54-51(53-49)34-21-24-39-46(29-34)56-45-20-10-16-35(47(39)45)32-22-26-44-41(27-32)38-18-9-17-36(48(38)57-44)33-23-25-43-40(28-33)37-15-7-8-19-42(37)55-43/h1-29H. The van der Waals surface area contributed by atoms with Crippen LogP contribution in [0.5, 0.6) is 0 Å². The molecule has 0 spiro atoms. The molecule has 0 aliphatic carbocycles. The second kappa shape index (κ2) is 13.0. The lowest BCUT2D eigenvalue weighted by atomic mass is 9.97. The van der Waals surface area contributed by atoms with Gasteiger partial charge in [0, 0.05) is 77.2 Å². The maximum Gasteiger partial charge on any atom is 0.164 e. The highest BCUT2D eigenvalue weighted by molar-refractivity contribution is 7.27. The van der Waals surface area contributed by atoms with E-state index in [4.69, 9.17) is 15.0 Å². The molecule has 0 unspecified atom stereocenters. The van der Waals surface area contributed by atoms with Crippen LogP contribution in [0.25, 0.3) is 117 Å². The predicted octanol–water partition coefficient (Wildman–Crippen LogP) is 15.3. The first kappa shape index (κ1) is 32.7. The van der Waals surface area contributed by atoms with Crippen molar-refractivity contribution in [3.63, 3.8) is 0 Å².